The Kier molecular flexibility index (Phi) is 5.51. The van der Waals surface area contributed by atoms with Crippen LogP contribution in [0.5, 0.6) is 0 Å². The first-order valence-corrected chi connectivity index (χ1v) is 8.62. The van der Waals surface area contributed by atoms with Crippen LogP contribution in [0, 0.1) is 5.92 Å². The first-order valence-electron chi connectivity index (χ1n) is 8.62. The van der Waals surface area contributed by atoms with Gasteiger partial charge in [-0.25, -0.2) is 0 Å². The molecule has 1 aromatic rings. The third-order valence-electron chi connectivity index (χ3n) is 4.79. The first kappa shape index (κ1) is 16.3. The molecule has 3 atom stereocenters. The quantitative estimate of drug-likeness (QED) is 0.640. The molecule has 5 nitrogen and oxygen atoms in total. The van der Waals surface area contributed by atoms with E-state index in [9.17, 15) is 0 Å². The summed E-state index contributed by atoms with van der Waals surface area (Å²) < 4.78 is 5.51. The number of morpholine rings is 1. The van der Waals surface area contributed by atoms with E-state index in [4.69, 9.17) is 4.74 Å². The van der Waals surface area contributed by atoms with Crippen molar-refractivity contribution in [3.05, 3.63) is 35.9 Å². The van der Waals surface area contributed by atoms with Crippen LogP contribution in [0.1, 0.15) is 24.9 Å². The second-order valence-corrected chi connectivity index (χ2v) is 6.49. The smallest absolute Gasteiger partial charge is 0.191 e. The summed E-state index contributed by atoms with van der Waals surface area (Å²) in [5.74, 6) is 1.67. The molecule has 1 aliphatic heterocycles. The van der Waals surface area contributed by atoms with Crippen molar-refractivity contribution in [3.8, 4) is 0 Å². The van der Waals surface area contributed by atoms with Gasteiger partial charge in [0, 0.05) is 32.7 Å². The van der Waals surface area contributed by atoms with Gasteiger partial charge in [0.15, 0.2) is 5.96 Å². The van der Waals surface area contributed by atoms with Gasteiger partial charge in [-0.05, 0) is 17.9 Å². The van der Waals surface area contributed by atoms with Crippen LogP contribution >= 0.6 is 0 Å². The van der Waals surface area contributed by atoms with Crippen molar-refractivity contribution >= 4 is 5.96 Å². The van der Waals surface area contributed by atoms with E-state index in [0.717, 1.165) is 44.7 Å². The van der Waals surface area contributed by atoms with E-state index in [0.29, 0.717) is 12.1 Å². The normalized spacial score (nSPS) is 26.6. The standard InChI is InChI=1S/C18H28N4O/c1-14-12-16(14)21-18(19-2)20-13-17(15-6-4-3-5-7-15)22-8-10-23-11-9-22/h3-7,14,16-17H,8-13H2,1-2H3,(H2,19,20,21). The highest BCUT2D eigenvalue weighted by Gasteiger charge is 2.33. The Labute approximate surface area is 139 Å². The van der Waals surface area contributed by atoms with Gasteiger partial charge >= 0.3 is 0 Å². The van der Waals surface area contributed by atoms with Crippen LogP contribution in [0.15, 0.2) is 35.3 Å². The fraction of sp³-hybridized carbons (Fsp3) is 0.611. The number of guanidine groups is 1. The predicted molar refractivity (Wildman–Crippen MR) is 93.6 cm³/mol. The van der Waals surface area contributed by atoms with Crippen LogP contribution in [-0.2, 0) is 4.74 Å². The molecule has 3 rings (SSSR count). The average molecular weight is 316 g/mol. The lowest BCUT2D eigenvalue weighted by Crippen LogP contribution is -2.46. The number of rotatable bonds is 5. The van der Waals surface area contributed by atoms with Crippen LogP contribution in [0.2, 0.25) is 0 Å². The molecule has 3 unspecified atom stereocenters. The van der Waals surface area contributed by atoms with Gasteiger partial charge in [-0.15, -0.1) is 0 Å². The SMILES string of the molecule is CN=C(NCC(c1ccccc1)N1CCOCC1)NC1CC1C. The van der Waals surface area contributed by atoms with Crippen LogP contribution in [0.3, 0.4) is 0 Å². The molecule has 1 aliphatic carbocycles. The molecule has 2 fully saturated rings. The zero-order valence-electron chi connectivity index (χ0n) is 14.2. The molecule has 2 aliphatic rings. The number of nitrogens with one attached hydrogen (secondary N) is 2. The van der Waals surface area contributed by atoms with Crippen LogP contribution < -0.4 is 10.6 Å². The molecule has 1 aromatic carbocycles. The van der Waals surface area contributed by atoms with Crippen molar-refractivity contribution in [2.75, 3.05) is 39.9 Å². The van der Waals surface area contributed by atoms with Crippen molar-refractivity contribution in [3.63, 3.8) is 0 Å². The van der Waals surface area contributed by atoms with Gasteiger partial charge in [0.2, 0.25) is 0 Å². The zero-order chi connectivity index (χ0) is 16.1. The Bertz CT molecular complexity index is 513. The number of nitrogens with zero attached hydrogens (tertiary/aromatic N) is 2. The van der Waals surface area contributed by atoms with E-state index < -0.39 is 0 Å². The Balaban J connectivity index is 1.63. The summed E-state index contributed by atoms with van der Waals surface area (Å²) >= 11 is 0. The molecule has 0 aromatic heterocycles. The minimum absolute atomic E-state index is 0.343. The molecular weight excluding hydrogens is 288 g/mol. The lowest BCUT2D eigenvalue weighted by atomic mass is 10.0. The summed E-state index contributed by atoms with van der Waals surface area (Å²) in [5.41, 5.74) is 1.34. The van der Waals surface area contributed by atoms with E-state index in [1.165, 1.54) is 12.0 Å². The lowest BCUT2D eigenvalue weighted by Gasteiger charge is -2.35. The maximum absolute atomic E-state index is 5.51. The summed E-state index contributed by atoms with van der Waals surface area (Å²) in [4.78, 5) is 6.86. The van der Waals surface area contributed by atoms with Crippen LogP contribution in [0.4, 0.5) is 0 Å². The zero-order valence-corrected chi connectivity index (χ0v) is 14.2. The molecular formula is C18H28N4O. The molecule has 0 spiro atoms. The number of hydrogen-bond donors (Lipinski definition) is 2. The van der Waals surface area contributed by atoms with Crippen molar-refractivity contribution in [2.45, 2.75) is 25.4 Å². The number of hydrogen-bond acceptors (Lipinski definition) is 3. The molecule has 1 saturated heterocycles. The van der Waals surface area contributed by atoms with Gasteiger partial charge in [0.05, 0.1) is 19.3 Å². The van der Waals surface area contributed by atoms with E-state index in [-0.39, 0.29) is 0 Å². The largest absolute Gasteiger partial charge is 0.379 e. The van der Waals surface area contributed by atoms with Crippen molar-refractivity contribution < 1.29 is 4.74 Å². The van der Waals surface area contributed by atoms with Crippen molar-refractivity contribution in [1.29, 1.82) is 0 Å². The van der Waals surface area contributed by atoms with E-state index >= 15 is 0 Å². The van der Waals surface area contributed by atoms with Crippen LogP contribution in [0.25, 0.3) is 0 Å². The highest BCUT2D eigenvalue weighted by molar-refractivity contribution is 5.80. The minimum atomic E-state index is 0.343. The molecule has 23 heavy (non-hydrogen) atoms. The summed E-state index contributed by atoms with van der Waals surface area (Å²) in [5, 5.41) is 7.01. The lowest BCUT2D eigenvalue weighted by molar-refractivity contribution is 0.0170. The number of ether oxygens (including phenoxy) is 1. The maximum Gasteiger partial charge on any atom is 0.191 e. The Morgan fingerprint density at radius 1 is 1.30 bits per heavy atom. The molecule has 1 heterocycles. The van der Waals surface area contributed by atoms with Gasteiger partial charge in [0.1, 0.15) is 0 Å². The van der Waals surface area contributed by atoms with Gasteiger partial charge in [0.25, 0.3) is 0 Å². The number of aliphatic imine (C=N–C) groups is 1. The average Bonchev–Trinajstić information content (AvgIpc) is 3.30. The van der Waals surface area contributed by atoms with Crippen LogP contribution in [-0.4, -0.2) is 56.8 Å². The highest BCUT2D eigenvalue weighted by Crippen LogP contribution is 2.28. The molecule has 126 valence electrons. The monoisotopic (exact) mass is 316 g/mol. The molecule has 2 N–H and O–H groups in total. The Hall–Kier alpha value is -1.59. The summed E-state index contributed by atoms with van der Waals surface area (Å²) in [6.45, 7) is 6.71. The van der Waals surface area contributed by atoms with Gasteiger partial charge < -0.3 is 15.4 Å². The Morgan fingerprint density at radius 3 is 2.61 bits per heavy atom. The van der Waals surface area contributed by atoms with E-state index in [2.05, 4.69) is 57.8 Å². The predicted octanol–water partition coefficient (Wildman–Crippen LogP) is 1.63. The molecule has 0 bridgehead atoms. The Morgan fingerprint density at radius 2 is 2.00 bits per heavy atom. The van der Waals surface area contributed by atoms with E-state index in [1.807, 2.05) is 7.05 Å². The molecule has 1 saturated carbocycles. The summed E-state index contributed by atoms with van der Waals surface area (Å²) in [6.07, 6.45) is 1.24. The second kappa shape index (κ2) is 7.79. The fourth-order valence-electron chi connectivity index (χ4n) is 3.11. The maximum atomic E-state index is 5.51. The molecule has 0 amide bonds. The van der Waals surface area contributed by atoms with Gasteiger partial charge in [-0.3, -0.25) is 9.89 Å². The minimum Gasteiger partial charge on any atom is -0.379 e. The highest BCUT2D eigenvalue weighted by atomic mass is 16.5. The van der Waals surface area contributed by atoms with Gasteiger partial charge in [-0.2, -0.15) is 0 Å². The third-order valence-corrected chi connectivity index (χ3v) is 4.79. The van der Waals surface area contributed by atoms with Crippen molar-refractivity contribution in [1.82, 2.24) is 15.5 Å². The van der Waals surface area contributed by atoms with Crippen molar-refractivity contribution in [2.24, 2.45) is 10.9 Å². The molecule has 0 radical (unpaired) electrons. The first-order chi connectivity index (χ1) is 11.3. The second-order valence-electron chi connectivity index (χ2n) is 6.49. The fourth-order valence-corrected chi connectivity index (χ4v) is 3.11. The third kappa shape index (κ3) is 4.45. The summed E-state index contributed by atoms with van der Waals surface area (Å²) in [6, 6.07) is 11.6. The number of benzene rings is 1. The summed E-state index contributed by atoms with van der Waals surface area (Å²) in [7, 11) is 1.84. The molecule has 5 heteroatoms. The topological polar surface area (TPSA) is 48.9 Å². The van der Waals surface area contributed by atoms with E-state index in [1.54, 1.807) is 0 Å². The van der Waals surface area contributed by atoms with Gasteiger partial charge in [-0.1, -0.05) is 37.3 Å².